The van der Waals surface area contributed by atoms with E-state index in [0.29, 0.717) is 6.04 Å². The van der Waals surface area contributed by atoms with Crippen molar-refractivity contribution in [3.8, 4) is 0 Å². The van der Waals surface area contributed by atoms with Crippen molar-refractivity contribution in [2.45, 2.75) is 44.7 Å². The molecule has 2 heteroatoms. The fourth-order valence-corrected chi connectivity index (χ4v) is 2.93. The highest BCUT2D eigenvalue weighted by molar-refractivity contribution is 6.30. The zero-order valence-electron chi connectivity index (χ0n) is 10.3. The zero-order chi connectivity index (χ0) is 11.8. The van der Waals surface area contributed by atoms with Crippen molar-refractivity contribution in [2.24, 2.45) is 11.8 Å². The highest BCUT2D eigenvalue weighted by atomic mass is 35.5. The second kappa shape index (κ2) is 4.62. The number of rotatable bonds is 5. The predicted molar refractivity (Wildman–Crippen MR) is 72.2 cm³/mol. The standard InChI is InChI=1S/C15H20ClN/c1-10(13-3-2-4-14(16)9-13)17-15(11-5-6-11)12-7-8-12/h2-4,9-12,15,17H,5-8H2,1H3/t10-/m1/s1. The summed E-state index contributed by atoms with van der Waals surface area (Å²) >= 11 is 6.05. The summed E-state index contributed by atoms with van der Waals surface area (Å²) in [5, 5.41) is 4.66. The van der Waals surface area contributed by atoms with E-state index in [1.807, 2.05) is 12.1 Å². The van der Waals surface area contributed by atoms with Crippen LogP contribution in [0.2, 0.25) is 5.02 Å². The Morgan fingerprint density at radius 1 is 1.18 bits per heavy atom. The van der Waals surface area contributed by atoms with E-state index in [2.05, 4.69) is 24.4 Å². The Labute approximate surface area is 109 Å². The third-order valence-corrected chi connectivity index (χ3v) is 4.29. The summed E-state index contributed by atoms with van der Waals surface area (Å²) in [6.07, 6.45) is 5.71. The maximum absolute atomic E-state index is 6.05. The van der Waals surface area contributed by atoms with Crippen LogP contribution in [0.15, 0.2) is 24.3 Å². The van der Waals surface area contributed by atoms with E-state index in [0.717, 1.165) is 22.9 Å². The molecular formula is C15H20ClN. The monoisotopic (exact) mass is 249 g/mol. The topological polar surface area (TPSA) is 12.0 Å². The molecule has 92 valence electrons. The van der Waals surface area contributed by atoms with Gasteiger partial charge in [-0.05, 0) is 62.1 Å². The largest absolute Gasteiger partial charge is 0.307 e. The van der Waals surface area contributed by atoms with Gasteiger partial charge >= 0.3 is 0 Å². The molecule has 2 saturated carbocycles. The Balaban J connectivity index is 1.66. The minimum atomic E-state index is 0.417. The molecule has 0 heterocycles. The van der Waals surface area contributed by atoms with Crippen molar-refractivity contribution in [3.63, 3.8) is 0 Å². The summed E-state index contributed by atoms with van der Waals surface area (Å²) in [4.78, 5) is 0. The van der Waals surface area contributed by atoms with Crippen LogP contribution in [0.25, 0.3) is 0 Å². The van der Waals surface area contributed by atoms with Crippen LogP contribution in [0.3, 0.4) is 0 Å². The lowest BCUT2D eigenvalue weighted by Crippen LogP contribution is -2.35. The Hall–Kier alpha value is -0.530. The van der Waals surface area contributed by atoms with Crippen LogP contribution in [0.5, 0.6) is 0 Å². The summed E-state index contributed by atoms with van der Waals surface area (Å²) in [7, 11) is 0. The molecule has 0 radical (unpaired) electrons. The number of hydrogen-bond donors (Lipinski definition) is 1. The fourth-order valence-electron chi connectivity index (χ4n) is 2.73. The van der Waals surface area contributed by atoms with Crippen LogP contribution in [0.1, 0.15) is 44.2 Å². The number of nitrogens with one attached hydrogen (secondary N) is 1. The highest BCUT2D eigenvalue weighted by Gasteiger charge is 2.41. The van der Waals surface area contributed by atoms with Gasteiger partial charge in [-0.15, -0.1) is 0 Å². The highest BCUT2D eigenvalue weighted by Crippen LogP contribution is 2.45. The first-order valence-corrected chi connectivity index (χ1v) is 7.13. The molecule has 1 aromatic carbocycles. The van der Waals surface area contributed by atoms with Gasteiger partial charge in [-0.1, -0.05) is 23.7 Å². The van der Waals surface area contributed by atoms with Gasteiger partial charge in [0, 0.05) is 17.1 Å². The van der Waals surface area contributed by atoms with E-state index in [4.69, 9.17) is 11.6 Å². The first kappa shape index (κ1) is 11.6. The van der Waals surface area contributed by atoms with Gasteiger partial charge in [0.2, 0.25) is 0 Å². The van der Waals surface area contributed by atoms with Crippen LogP contribution < -0.4 is 5.32 Å². The van der Waals surface area contributed by atoms with E-state index >= 15 is 0 Å². The molecular weight excluding hydrogens is 230 g/mol. The Bertz CT molecular complexity index is 384. The average Bonchev–Trinajstić information content (AvgIpc) is 3.16. The maximum Gasteiger partial charge on any atom is 0.0409 e. The first-order chi connectivity index (χ1) is 8.24. The maximum atomic E-state index is 6.05. The molecule has 17 heavy (non-hydrogen) atoms. The van der Waals surface area contributed by atoms with Crippen LogP contribution >= 0.6 is 11.6 Å². The SMILES string of the molecule is C[C@@H](NC(C1CC1)C1CC1)c1cccc(Cl)c1. The Morgan fingerprint density at radius 3 is 2.35 bits per heavy atom. The van der Waals surface area contributed by atoms with Gasteiger partial charge in [0.25, 0.3) is 0 Å². The minimum absolute atomic E-state index is 0.417. The van der Waals surface area contributed by atoms with E-state index < -0.39 is 0 Å². The van der Waals surface area contributed by atoms with Gasteiger partial charge in [-0.25, -0.2) is 0 Å². The van der Waals surface area contributed by atoms with Crippen molar-refractivity contribution in [3.05, 3.63) is 34.9 Å². The van der Waals surface area contributed by atoms with Crippen molar-refractivity contribution in [1.82, 2.24) is 5.32 Å². The first-order valence-electron chi connectivity index (χ1n) is 6.75. The normalized spacial score (nSPS) is 21.8. The molecule has 0 aromatic heterocycles. The lowest BCUT2D eigenvalue weighted by Gasteiger charge is -2.23. The third-order valence-electron chi connectivity index (χ3n) is 4.05. The Kier molecular flexibility index (Phi) is 3.14. The molecule has 0 aliphatic heterocycles. The van der Waals surface area contributed by atoms with Gasteiger partial charge in [0.15, 0.2) is 0 Å². The second-order valence-electron chi connectivity index (χ2n) is 5.64. The van der Waals surface area contributed by atoms with Crippen molar-refractivity contribution >= 4 is 11.6 Å². The van der Waals surface area contributed by atoms with Crippen molar-refractivity contribution in [2.75, 3.05) is 0 Å². The molecule has 2 fully saturated rings. The predicted octanol–water partition coefficient (Wildman–Crippen LogP) is 4.18. The summed E-state index contributed by atoms with van der Waals surface area (Å²) in [6.45, 7) is 2.25. The molecule has 1 aromatic rings. The summed E-state index contributed by atoms with van der Waals surface area (Å²) in [5.74, 6) is 1.90. The van der Waals surface area contributed by atoms with Gasteiger partial charge in [0.05, 0.1) is 0 Å². The minimum Gasteiger partial charge on any atom is -0.307 e. The molecule has 0 bridgehead atoms. The molecule has 0 amide bonds. The number of halogens is 1. The summed E-state index contributed by atoms with van der Waals surface area (Å²) in [5.41, 5.74) is 1.31. The lowest BCUT2D eigenvalue weighted by molar-refractivity contribution is 0.377. The molecule has 2 aliphatic rings. The quantitative estimate of drug-likeness (QED) is 0.826. The molecule has 0 saturated heterocycles. The average molecular weight is 250 g/mol. The van der Waals surface area contributed by atoms with Crippen molar-refractivity contribution in [1.29, 1.82) is 0 Å². The second-order valence-corrected chi connectivity index (χ2v) is 6.08. The van der Waals surface area contributed by atoms with Gasteiger partial charge in [-0.3, -0.25) is 0 Å². The van der Waals surface area contributed by atoms with E-state index in [-0.39, 0.29) is 0 Å². The molecule has 0 spiro atoms. The molecule has 1 N–H and O–H groups in total. The van der Waals surface area contributed by atoms with Gasteiger partial charge in [-0.2, -0.15) is 0 Å². The van der Waals surface area contributed by atoms with E-state index in [9.17, 15) is 0 Å². The number of hydrogen-bond acceptors (Lipinski definition) is 1. The smallest absolute Gasteiger partial charge is 0.0409 e. The molecule has 1 atom stereocenters. The van der Waals surface area contributed by atoms with E-state index in [1.54, 1.807) is 0 Å². The summed E-state index contributed by atoms with van der Waals surface area (Å²) in [6, 6.07) is 9.40. The van der Waals surface area contributed by atoms with Gasteiger partial charge in [0.1, 0.15) is 0 Å². The summed E-state index contributed by atoms with van der Waals surface area (Å²) < 4.78 is 0. The zero-order valence-corrected chi connectivity index (χ0v) is 11.1. The molecule has 0 unspecified atom stereocenters. The van der Waals surface area contributed by atoms with Crippen LogP contribution in [-0.2, 0) is 0 Å². The van der Waals surface area contributed by atoms with Crippen LogP contribution in [-0.4, -0.2) is 6.04 Å². The third kappa shape index (κ3) is 2.83. The molecule has 2 aliphatic carbocycles. The van der Waals surface area contributed by atoms with Crippen LogP contribution in [0, 0.1) is 11.8 Å². The van der Waals surface area contributed by atoms with Crippen LogP contribution in [0.4, 0.5) is 0 Å². The number of benzene rings is 1. The molecule has 1 nitrogen and oxygen atoms in total. The lowest BCUT2D eigenvalue weighted by atomic mass is 10.0. The van der Waals surface area contributed by atoms with Crippen molar-refractivity contribution < 1.29 is 0 Å². The fraction of sp³-hybridized carbons (Fsp3) is 0.600. The molecule has 3 rings (SSSR count). The van der Waals surface area contributed by atoms with Gasteiger partial charge < -0.3 is 5.32 Å². The Morgan fingerprint density at radius 2 is 1.82 bits per heavy atom. The van der Waals surface area contributed by atoms with E-state index in [1.165, 1.54) is 31.2 Å².